The summed E-state index contributed by atoms with van der Waals surface area (Å²) in [6.45, 7) is 5.69. The molecule has 1 rings (SSSR count). The third-order valence-corrected chi connectivity index (χ3v) is 1.84. The number of hydrogen-bond acceptors (Lipinski definition) is 3. The molecule has 1 unspecified atom stereocenters. The molecule has 0 amide bonds. The van der Waals surface area contributed by atoms with E-state index in [1.165, 1.54) is 0 Å². The predicted molar refractivity (Wildman–Crippen MR) is 45.4 cm³/mol. The lowest BCUT2D eigenvalue weighted by atomic mass is 10.3. The highest BCUT2D eigenvalue weighted by atomic mass is 32.1. The molecule has 0 aliphatic rings. The summed E-state index contributed by atoms with van der Waals surface area (Å²) in [5.41, 5.74) is 0. The molecular formula is C7H10N2S. The molecule has 10 heavy (non-hydrogen) atoms. The van der Waals surface area contributed by atoms with Crippen LogP contribution < -0.4 is 5.32 Å². The largest absolute Gasteiger partial charge is 0.356 e. The van der Waals surface area contributed by atoms with E-state index in [0.717, 1.165) is 5.13 Å². The summed E-state index contributed by atoms with van der Waals surface area (Å²) in [5.74, 6) is 0. The van der Waals surface area contributed by atoms with Gasteiger partial charge < -0.3 is 5.32 Å². The quantitative estimate of drug-likeness (QED) is 0.675. The highest BCUT2D eigenvalue weighted by Crippen LogP contribution is 2.11. The number of nitrogens with one attached hydrogen (secondary N) is 1. The third-order valence-electron chi connectivity index (χ3n) is 1.14. The molecule has 0 spiro atoms. The number of anilines is 1. The molecule has 1 N–H and O–H groups in total. The fourth-order valence-electron chi connectivity index (χ4n) is 0.548. The van der Waals surface area contributed by atoms with Gasteiger partial charge in [-0.15, -0.1) is 17.9 Å². The highest BCUT2D eigenvalue weighted by molar-refractivity contribution is 7.13. The predicted octanol–water partition coefficient (Wildman–Crippen LogP) is 2.13. The van der Waals surface area contributed by atoms with Crippen molar-refractivity contribution >= 4 is 16.5 Å². The fourth-order valence-corrected chi connectivity index (χ4v) is 1.17. The first-order valence-corrected chi connectivity index (χ1v) is 3.99. The van der Waals surface area contributed by atoms with E-state index in [9.17, 15) is 0 Å². The Bertz CT molecular complexity index is 193. The molecule has 2 nitrogen and oxygen atoms in total. The number of hydrogen-bond donors (Lipinski definition) is 1. The summed E-state index contributed by atoms with van der Waals surface area (Å²) in [5, 5.41) is 6.05. The second kappa shape index (κ2) is 3.37. The van der Waals surface area contributed by atoms with Crippen LogP contribution in [-0.2, 0) is 0 Å². The molecule has 1 aromatic rings. The summed E-state index contributed by atoms with van der Waals surface area (Å²) < 4.78 is 0. The fraction of sp³-hybridized carbons (Fsp3) is 0.286. The summed E-state index contributed by atoms with van der Waals surface area (Å²) in [7, 11) is 0. The number of nitrogens with zero attached hydrogens (tertiary/aromatic N) is 1. The molecule has 0 aliphatic heterocycles. The van der Waals surface area contributed by atoms with Gasteiger partial charge in [0.25, 0.3) is 0 Å². The molecule has 3 heteroatoms. The van der Waals surface area contributed by atoms with Gasteiger partial charge in [0.15, 0.2) is 5.13 Å². The van der Waals surface area contributed by atoms with Crippen molar-refractivity contribution in [2.24, 2.45) is 0 Å². The van der Waals surface area contributed by atoms with Crippen LogP contribution in [0.3, 0.4) is 0 Å². The van der Waals surface area contributed by atoms with E-state index in [2.05, 4.69) is 16.9 Å². The van der Waals surface area contributed by atoms with E-state index in [1.54, 1.807) is 17.5 Å². The van der Waals surface area contributed by atoms with Gasteiger partial charge in [-0.3, -0.25) is 0 Å². The maximum atomic E-state index is 4.06. The Balaban J connectivity index is 2.47. The molecule has 0 aromatic carbocycles. The molecule has 1 heterocycles. The van der Waals surface area contributed by atoms with Crippen LogP contribution in [-0.4, -0.2) is 11.0 Å². The lowest BCUT2D eigenvalue weighted by molar-refractivity contribution is 0.995. The molecule has 0 fully saturated rings. The van der Waals surface area contributed by atoms with Gasteiger partial charge in [0, 0.05) is 17.6 Å². The van der Waals surface area contributed by atoms with Gasteiger partial charge in [-0.2, -0.15) is 0 Å². The third kappa shape index (κ3) is 1.84. The molecule has 0 radical (unpaired) electrons. The Labute approximate surface area is 64.6 Å². The maximum Gasteiger partial charge on any atom is 0.183 e. The van der Waals surface area contributed by atoms with E-state index < -0.39 is 0 Å². The van der Waals surface area contributed by atoms with Gasteiger partial charge in [0.1, 0.15) is 0 Å². The minimum absolute atomic E-state index is 0.297. The molecule has 1 aromatic heterocycles. The van der Waals surface area contributed by atoms with Crippen molar-refractivity contribution in [3.63, 3.8) is 0 Å². The van der Waals surface area contributed by atoms with Gasteiger partial charge in [-0.05, 0) is 6.92 Å². The minimum atomic E-state index is 0.297. The first-order valence-electron chi connectivity index (χ1n) is 3.11. The summed E-state index contributed by atoms with van der Waals surface area (Å²) in [6, 6.07) is 0.297. The second-order valence-electron chi connectivity index (χ2n) is 2.01. The zero-order chi connectivity index (χ0) is 7.40. The molecule has 54 valence electrons. The van der Waals surface area contributed by atoms with Crippen LogP contribution in [0.2, 0.25) is 0 Å². The zero-order valence-corrected chi connectivity index (χ0v) is 6.69. The molecular weight excluding hydrogens is 144 g/mol. The van der Waals surface area contributed by atoms with E-state index in [4.69, 9.17) is 0 Å². The van der Waals surface area contributed by atoms with E-state index in [-0.39, 0.29) is 0 Å². The molecule has 0 aliphatic carbocycles. The van der Waals surface area contributed by atoms with E-state index in [1.807, 2.05) is 18.4 Å². The Morgan fingerprint density at radius 3 is 3.20 bits per heavy atom. The van der Waals surface area contributed by atoms with Crippen molar-refractivity contribution in [2.75, 3.05) is 5.32 Å². The van der Waals surface area contributed by atoms with Gasteiger partial charge in [-0.1, -0.05) is 6.08 Å². The molecule has 0 bridgehead atoms. The minimum Gasteiger partial charge on any atom is -0.356 e. The van der Waals surface area contributed by atoms with Gasteiger partial charge >= 0.3 is 0 Å². The summed E-state index contributed by atoms with van der Waals surface area (Å²) >= 11 is 1.60. The van der Waals surface area contributed by atoms with Crippen LogP contribution in [0.4, 0.5) is 5.13 Å². The van der Waals surface area contributed by atoms with Crippen LogP contribution in [0.5, 0.6) is 0 Å². The summed E-state index contributed by atoms with van der Waals surface area (Å²) in [4.78, 5) is 4.06. The first-order chi connectivity index (χ1) is 4.83. The van der Waals surface area contributed by atoms with E-state index in [0.29, 0.717) is 6.04 Å². The summed E-state index contributed by atoms with van der Waals surface area (Å²) in [6.07, 6.45) is 3.63. The Morgan fingerprint density at radius 2 is 2.70 bits per heavy atom. The van der Waals surface area contributed by atoms with Crippen LogP contribution in [0.1, 0.15) is 6.92 Å². The second-order valence-corrected chi connectivity index (χ2v) is 2.90. The van der Waals surface area contributed by atoms with Crippen molar-refractivity contribution in [1.29, 1.82) is 0 Å². The highest BCUT2D eigenvalue weighted by Gasteiger charge is 1.96. The van der Waals surface area contributed by atoms with Crippen molar-refractivity contribution < 1.29 is 0 Å². The lowest BCUT2D eigenvalue weighted by Crippen LogP contribution is -2.10. The Kier molecular flexibility index (Phi) is 2.45. The van der Waals surface area contributed by atoms with Crippen LogP contribution in [0.15, 0.2) is 24.2 Å². The van der Waals surface area contributed by atoms with Gasteiger partial charge in [0.2, 0.25) is 0 Å². The standard InChI is InChI=1S/C7H10N2S/c1-3-6(2)9-7-8-4-5-10-7/h3-6H,1H2,2H3,(H,8,9). The number of rotatable bonds is 3. The molecule has 0 saturated carbocycles. The average Bonchev–Trinajstić information content (AvgIpc) is 2.40. The molecule has 1 atom stereocenters. The van der Waals surface area contributed by atoms with E-state index >= 15 is 0 Å². The van der Waals surface area contributed by atoms with Crippen molar-refractivity contribution in [1.82, 2.24) is 4.98 Å². The zero-order valence-electron chi connectivity index (χ0n) is 5.87. The lowest BCUT2D eigenvalue weighted by Gasteiger charge is -2.05. The Hall–Kier alpha value is -0.830. The van der Waals surface area contributed by atoms with Crippen molar-refractivity contribution in [3.8, 4) is 0 Å². The Morgan fingerprint density at radius 1 is 1.90 bits per heavy atom. The van der Waals surface area contributed by atoms with Crippen LogP contribution >= 0.6 is 11.3 Å². The number of thiazole rings is 1. The topological polar surface area (TPSA) is 24.9 Å². The SMILES string of the molecule is C=CC(C)Nc1nccs1. The number of aromatic nitrogens is 1. The average molecular weight is 154 g/mol. The normalized spacial score (nSPS) is 12.5. The molecule has 0 saturated heterocycles. The van der Waals surface area contributed by atoms with Crippen molar-refractivity contribution in [3.05, 3.63) is 24.2 Å². The monoisotopic (exact) mass is 154 g/mol. The maximum absolute atomic E-state index is 4.06. The smallest absolute Gasteiger partial charge is 0.183 e. The first kappa shape index (κ1) is 7.28. The van der Waals surface area contributed by atoms with Crippen LogP contribution in [0.25, 0.3) is 0 Å². The van der Waals surface area contributed by atoms with Crippen molar-refractivity contribution in [2.45, 2.75) is 13.0 Å². The van der Waals surface area contributed by atoms with Gasteiger partial charge in [0.05, 0.1) is 0 Å². The van der Waals surface area contributed by atoms with Gasteiger partial charge in [-0.25, -0.2) is 4.98 Å². The van der Waals surface area contributed by atoms with Crippen LogP contribution in [0, 0.1) is 0 Å².